The molecule has 5 rings (SSSR count). The Bertz CT molecular complexity index is 1780. The Kier molecular flexibility index (Phi) is 10.1. The van der Waals surface area contributed by atoms with E-state index < -0.39 is 10.1 Å². The third kappa shape index (κ3) is 6.47. The second kappa shape index (κ2) is 13.2. The molecular weight excluding hydrogens is 543 g/mol. The van der Waals surface area contributed by atoms with Crippen LogP contribution in [0.1, 0.15) is 100 Å². The molecule has 2 aliphatic rings. The van der Waals surface area contributed by atoms with E-state index in [0.717, 1.165) is 77.6 Å². The van der Waals surface area contributed by atoms with Crippen LogP contribution in [0, 0.1) is 0 Å². The Morgan fingerprint density at radius 2 is 1.27 bits per heavy atom. The van der Waals surface area contributed by atoms with Gasteiger partial charge in [0.2, 0.25) is 0 Å². The predicted octanol–water partition coefficient (Wildman–Crippen LogP) is 4.78. The average molecular weight is 581 g/mol. The Hall–Kier alpha value is -2.49. The number of rotatable bonds is 9. The van der Waals surface area contributed by atoms with Crippen molar-refractivity contribution in [1.82, 2.24) is 19.9 Å². The van der Waals surface area contributed by atoms with Crippen LogP contribution in [0.5, 0.6) is 0 Å². The fourth-order valence-corrected chi connectivity index (χ4v) is 6.57. The molecule has 0 fully saturated rings. The van der Waals surface area contributed by atoms with Gasteiger partial charge in [-0.1, -0.05) is 53.4 Å². The molecule has 0 unspecified atom stereocenters. The van der Waals surface area contributed by atoms with Crippen LogP contribution in [-0.4, -0.2) is 32.9 Å². The number of nitrogens with zero attached hydrogens (tertiary/aromatic N) is 2. The number of aryl methyl sites for hydroxylation is 2. The van der Waals surface area contributed by atoms with Crippen molar-refractivity contribution in [1.29, 1.82) is 0 Å². The van der Waals surface area contributed by atoms with Gasteiger partial charge >= 0.3 is 29.6 Å². The summed E-state index contributed by atoms with van der Waals surface area (Å²) in [6.07, 6.45) is 8.83. The normalized spacial score (nSPS) is 13.3. The molecule has 210 valence electrons. The van der Waals surface area contributed by atoms with Gasteiger partial charge in [-0.2, -0.15) is 0 Å². The fourth-order valence-electron chi connectivity index (χ4n) is 5.67. The molecule has 9 heteroatoms. The van der Waals surface area contributed by atoms with Gasteiger partial charge in [-0.3, -0.25) is 0 Å². The molecule has 0 saturated heterocycles. The van der Waals surface area contributed by atoms with Crippen molar-refractivity contribution in [3.8, 4) is 0 Å². The van der Waals surface area contributed by atoms with Crippen LogP contribution in [0.3, 0.4) is 0 Å². The number of aromatic amines is 2. The van der Waals surface area contributed by atoms with E-state index >= 15 is 0 Å². The summed E-state index contributed by atoms with van der Waals surface area (Å²) in [5.74, 6) is 0. The van der Waals surface area contributed by atoms with E-state index in [1.165, 1.54) is 5.57 Å². The summed E-state index contributed by atoms with van der Waals surface area (Å²) in [4.78, 5) is 16.5. The van der Waals surface area contributed by atoms with Crippen LogP contribution in [0.15, 0.2) is 36.4 Å². The monoisotopic (exact) mass is 580 g/mol. The quantitative estimate of drug-likeness (QED) is 0.279. The molecule has 0 amide bonds. The standard InChI is InChI=1S/C32H38N4O3S.Na/c1-5-9-20-17-28-29-18-21(10-6-2)25(34-29)15-16-27-23(12-8-4)32(40(37,38)39)31(36-27)30-19-22(11-7-3)26(35-30)14-13-24(20)33-28;/h13-19,34-35H,5-12H2,1-4H3,(H,37,38,39);/q;+1/p-1. The number of H-pyrrole nitrogens is 2. The molecule has 2 aliphatic heterocycles. The van der Waals surface area contributed by atoms with Gasteiger partial charge in [0.15, 0.2) is 0 Å². The Balaban J connectivity index is 0.00000387. The van der Waals surface area contributed by atoms with E-state index in [2.05, 4.69) is 42.9 Å². The molecule has 41 heavy (non-hydrogen) atoms. The summed E-state index contributed by atoms with van der Waals surface area (Å²) in [6.45, 7) is 8.39. The molecule has 7 nitrogen and oxygen atoms in total. The second-order valence-electron chi connectivity index (χ2n) is 10.6. The van der Waals surface area contributed by atoms with E-state index in [4.69, 9.17) is 9.97 Å². The minimum Gasteiger partial charge on any atom is -0.744 e. The first-order valence-corrected chi connectivity index (χ1v) is 15.8. The maximum atomic E-state index is 12.7. The summed E-state index contributed by atoms with van der Waals surface area (Å²) in [5, 5.41) is 0. The molecule has 0 saturated carbocycles. The van der Waals surface area contributed by atoms with E-state index in [1.54, 1.807) is 0 Å². The summed E-state index contributed by atoms with van der Waals surface area (Å²) in [5.41, 5.74) is 9.73. The second-order valence-corrected chi connectivity index (χ2v) is 11.9. The Morgan fingerprint density at radius 3 is 1.85 bits per heavy atom. The predicted molar refractivity (Wildman–Crippen MR) is 163 cm³/mol. The van der Waals surface area contributed by atoms with Crippen LogP contribution in [-0.2, 0) is 23.0 Å². The third-order valence-corrected chi connectivity index (χ3v) is 8.37. The maximum Gasteiger partial charge on any atom is 1.00 e. The van der Waals surface area contributed by atoms with Crippen molar-refractivity contribution in [3.63, 3.8) is 0 Å². The van der Waals surface area contributed by atoms with Gasteiger partial charge in [0.05, 0.1) is 33.0 Å². The molecule has 3 aromatic rings. The number of hydrogen-bond donors (Lipinski definition) is 2. The molecule has 0 spiro atoms. The maximum absolute atomic E-state index is 12.7. The van der Waals surface area contributed by atoms with Crippen LogP contribution in [0.2, 0.25) is 0 Å². The number of allylic oxidation sites excluding steroid dienone is 2. The fraction of sp³-hybridized carbons (Fsp3) is 0.375. The molecule has 0 aliphatic carbocycles. The first-order valence-electron chi connectivity index (χ1n) is 14.4. The number of fused-ring (bicyclic) bond motifs is 10. The summed E-state index contributed by atoms with van der Waals surface area (Å²) in [6, 6.07) is 11.9. The first kappa shape index (κ1) is 31.4. The largest absolute Gasteiger partial charge is 1.00 e. The van der Waals surface area contributed by atoms with Crippen LogP contribution in [0.25, 0.3) is 44.2 Å². The molecule has 0 aromatic carbocycles. The Morgan fingerprint density at radius 1 is 0.707 bits per heavy atom. The smallest absolute Gasteiger partial charge is 0.744 e. The summed E-state index contributed by atoms with van der Waals surface area (Å²) in [7, 11) is -4.77. The SMILES string of the molecule is CCCC1=Cc2nc1ccc1[nH]c(cc1CCC)c1nc(ccc3[nH]c2cc3CCC)C(CCC)=C1S(=O)(=O)[O-].[Na+]. The van der Waals surface area contributed by atoms with Gasteiger partial charge in [-0.15, -0.1) is 0 Å². The van der Waals surface area contributed by atoms with Gasteiger partial charge in [0.1, 0.15) is 15.8 Å². The zero-order chi connectivity index (χ0) is 28.4. The van der Waals surface area contributed by atoms with Crippen molar-refractivity contribution in [2.24, 2.45) is 0 Å². The van der Waals surface area contributed by atoms with Crippen molar-refractivity contribution >= 4 is 54.3 Å². The van der Waals surface area contributed by atoms with Gasteiger partial charge in [-0.05, 0) is 90.4 Å². The third-order valence-electron chi connectivity index (χ3n) is 7.43. The number of hydrogen-bond acceptors (Lipinski definition) is 5. The molecular formula is C32H37N4NaO3S. The molecule has 0 atom stereocenters. The zero-order valence-corrected chi connectivity index (χ0v) is 27.5. The van der Waals surface area contributed by atoms with Gasteiger partial charge < -0.3 is 14.5 Å². The van der Waals surface area contributed by atoms with Gasteiger partial charge in [0.25, 0.3) is 0 Å². The van der Waals surface area contributed by atoms with Gasteiger partial charge in [0, 0.05) is 11.0 Å². The van der Waals surface area contributed by atoms with Gasteiger partial charge in [-0.25, -0.2) is 18.4 Å². The topological polar surface area (TPSA) is 115 Å². The number of nitrogens with one attached hydrogen (secondary N) is 2. The summed E-state index contributed by atoms with van der Waals surface area (Å²) < 4.78 is 38.0. The van der Waals surface area contributed by atoms with Crippen LogP contribution < -0.4 is 29.6 Å². The van der Waals surface area contributed by atoms with E-state index in [1.807, 2.05) is 37.3 Å². The average Bonchev–Trinajstić information content (AvgIpc) is 3.66. The van der Waals surface area contributed by atoms with Crippen LogP contribution >= 0.6 is 0 Å². The molecule has 2 N–H and O–H groups in total. The van der Waals surface area contributed by atoms with E-state index in [9.17, 15) is 13.0 Å². The molecule has 8 bridgehead atoms. The van der Waals surface area contributed by atoms with Crippen LogP contribution in [0.4, 0.5) is 0 Å². The molecule has 5 heterocycles. The van der Waals surface area contributed by atoms with E-state index in [-0.39, 0.29) is 40.2 Å². The van der Waals surface area contributed by atoms with Crippen molar-refractivity contribution in [2.75, 3.05) is 0 Å². The molecule has 3 aromatic heterocycles. The zero-order valence-electron chi connectivity index (χ0n) is 24.7. The van der Waals surface area contributed by atoms with Crippen molar-refractivity contribution in [2.45, 2.75) is 79.1 Å². The summed E-state index contributed by atoms with van der Waals surface area (Å²) >= 11 is 0. The van der Waals surface area contributed by atoms with E-state index in [0.29, 0.717) is 29.6 Å². The Labute approximate surface area is 264 Å². The first-order chi connectivity index (χ1) is 19.3. The minimum absolute atomic E-state index is 0. The minimum atomic E-state index is -4.77. The van der Waals surface area contributed by atoms with Crippen molar-refractivity contribution in [3.05, 3.63) is 70.3 Å². The number of aromatic nitrogens is 4. The van der Waals surface area contributed by atoms with Crippen molar-refractivity contribution < 1.29 is 42.5 Å². The molecule has 0 radical (unpaired) electrons.